The molecule has 1 unspecified atom stereocenters. The molecule has 168 valence electrons. The summed E-state index contributed by atoms with van der Waals surface area (Å²) in [6, 6.07) is 11.6. The van der Waals surface area contributed by atoms with Gasteiger partial charge in [-0.05, 0) is 42.7 Å². The molecule has 1 aromatic heterocycles. The minimum Gasteiger partial charge on any atom is -0.507 e. The van der Waals surface area contributed by atoms with Gasteiger partial charge >= 0.3 is 5.97 Å². The van der Waals surface area contributed by atoms with Crippen molar-refractivity contribution in [2.75, 3.05) is 26.1 Å². The minimum atomic E-state index is -1.03. The third kappa shape index (κ3) is 5.44. The number of benzene rings is 2. The smallest absolute Gasteiger partial charge is 0.320 e. The van der Waals surface area contributed by atoms with Crippen molar-refractivity contribution >= 4 is 11.9 Å². The van der Waals surface area contributed by atoms with Gasteiger partial charge in [0.15, 0.2) is 0 Å². The van der Waals surface area contributed by atoms with E-state index in [9.17, 15) is 9.90 Å². The molecule has 3 aromatic rings. The SMILES string of the molecule is COc1ccc(-c2cnc(NCCCC(N)C(=O)O)nc2-c2ccc(OC)cc2O)cc1. The molecule has 32 heavy (non-hydrogen) atoms. The number of nitrogens with zero attached hydrogens (tertiary/aromatic N) is 2. The van der Waals surface area contributed by atoms with Crippen LogP contribution in [-0.2, 0) is 4.79 Å². The number of hydrogen-bond donors (Lipinski definition) is 4. The average Bonchev–Trinajstić information content (AvgIpc) is 2.81. The number of anilines is 1. The molecular weight excluding hydrogens is 412 g/mol. The van der Waals surface area contributed by atoms with Gasteiger partial charge in [0.1, 0.15) is 23.3 Å². The van der Waals surface area contributed by atoms with E-state index in [2.05, 4.69) is 15.3 Å². The first-order valence-electron chi connectivity index (χ1n) is 10.0. The van der Waals surface area contributed by atoms with Crippen molar-refractivity contribution in [1.29, 1.82) is 0 Å². The van der Waals surface area contributed by atoms with Crippen LogP contribution in [0.4, 0.5) is 5.95 Å². The maximum Gasteiger partial charge on any atom is 0.320 e. The first kappa shape index (κ1) is 22.8. The molecular formula is C23H26N4O5. The van der Waals surface area contributed by atoms with Gasteiger partial charge in [-0.25, -0.2) is 9.97 Å². The van der Waals surface area contributed by atoms with Gasteiger partial charge in [0.25, 0.3) is 0 Å². The Morgan fingerprint density at radius 1 is 1.09 bits per heavy atom. The molecule has 1 heterocycles. The highest BCUT2D eigenvalue weighted by molar-refractivity contribution is 5.84. The van der Waals surface area contributed by atoms with Crippen LogP contribution in [0.1, 0.15) is 12.8 Å². The number of carbonyl (C=O) groups is 1. The predicted molar refractivity (Wildman–Crippen MR) is 121 cm³/mol. The molecule has 9 heteroatoms. The molecule has 0 saturated heterocycles. The van der Waals surface area contributed by atoms with Crippen LogP contribution in [0.3, 0.4) is 0 Å². The maximum absolute atomic E-state index is 10.8. The Kier molecular flexibility index (Phi) is 7.45. The van der Waals surface area contributed by atoms with Crippen LogP contribution >= 0.6 is 0 Å². The molecule has 1 atom stereocenters. The number of aromatic nitrogens is 2. The number of ether oxygens (including phenoxy) is 2. The molecule has 0 fully saturated rings. The van der Waals surface area contributed by atoms with Crippen LogP contribution in [0.25, 0.3) is 22.4 Å². The van der Waals surface area contributed by atoms with Crippen molar-refractivity contribution < 1.29 is 24.5 Å². The lowest BCUT2D eigenvalue weighted by atomic mass is 10.00. The number of aromatic hydroxyl groups is 1. The second-order valence-electron chi connectivity index (χ2n) is 7.08. The highest BCUT2D eigenvalue weighted by Crippen LogP contribution is 2.37. The summed E-state index contributed by atoms with van der Waals surface area (Å²) in [6.07, 6.45) is 2.55. The lowest BCUT2D eigenvalue weighted by Crippen LogP contribution is -2.30. The Morgan fingerprint density at radius 2 is 1.78 bits per heavy atom. The maximum atomic E-state index is 10.8. The van der Waals surface area contributed by atoms with Crippen molar-refractivity contribution in [3.05, 3.63) is 48.7 Å². The zero-order valence-corrected chi connectivity index (χ0v) is 17.9. The zero-order chi connectivity index (χ0) is 23.1. The van der Waals surface area contributed by atoms with Crippen molar-refractivity contribution in [1.82, 2.24) is 9.97 Å². The number of aliphatic carboxylic acids is 1. The molecule has 0 spiro atoms. The number of carboxylic acids is 1. The second kappa shape index (κ2) is 10.5. The third-order valence-corrected chi connectivity index (χ3v) is 4.94. The minimum absolute atomic E-state index is 0.0243. The fourth-order valence-electron chi connectivity index (χ4n) is 3.14. The fourth-order valence-corrected chi connectivity index (χ4v) is 3.14. The predicted octanol–water partition coefficient (Wildman–Crippen LogP) is 3.14. The van der Waals surface area contributed by atoms with E-state index in [1.54, 1.807) is 25.4 Å². The number of nitrogens with one attached hydrogen (secondary N) is 1. The summed E-state index contributed by atoms with van der Waals surface area (Å²) < 4.78 is 10.4. The fraction of sp³-hybridized carbons (Fsp3) is 0.261. The van der Waals surface area contributed by atoms with Gasteiger partial charge in [-0.2, -0.15) is 0 Å². The molecule has 0 aliphatic carbocycles. The summed E-state index contributed by atoms with van der Waals surface area (Å²) in [7, 11) is 3.13. The van der Waals surface area contributed by atoms with Crippen LogP contribution in [-0.4, -0.2) is 53.0 Å². The van der Waals surface area contributed by atoms with Gasteiger partial charge in [0.05, 0.1) is 19.9 Å². The summed E-state index contributed by atoms with van der Waals surface area (Å²) in [5.41, 5.74) is 8.18. The van der Waals surface area contributed by atoms with E-state index in [-0.39, 0.29) is 5.75 Å². The van der Waals surface area contributed by atoms with Gasteiger partial charge in [0, 0.05) is 29.9 Å². The molecule has 2 aromatic carbocycles. The van der Waals surface area contributed by atoms with E-state index in [0.717, 1.165) is 16.9 Å². The lowest BCUT2D eigenvalue weighted by molar-refractivity contribution is -0.138. The van der Waals surface area contributed by atoms with Crippen molar-refractivity contribution in [2.24, 2.45) is 5.73 Å². The molecule has 0 radical (unpaired) electrons. The second-order valence-corrected chi connectivity index (χ2v) is 7.08. The number of carboxylic acid groups (broad SMARTS) is 1. The van der Waals surface area contributed by atoms with E-state index >= 15 is 0 Å². The Balaban J connectivity index is 1.92. The molecule has 0 bridgehead atoms. The van der Waals surface area contributed by atoms with Gasteiger partial charge in [-0.3, -0.25) is 4.79 Å². The summed E-state index contributed by atoms with van der Waals surface area (Å²) in [6.45, 7) is 0.455. The monoisotopic (exact) mass is 438 g/mol. The number of phenolic OH excluding ortho intramolecular Hbond substituents is 1. The van der Waals surface area contributed by atoms with E-state index in [4.69, 9.17) is 20.3 Å². The highest BCUT2D eigenvalue weighted by atomic mass is 16.5. The molecule has 0 amide bonds. The highest BCUT2D eigenvalue weighted by Gasteiger charge is 2.16. The van der Waals surface area contributed by atoms with Crippen LogP contribution in [0.5, 0.6) is 17.2 Å². The van der Waals surface area contributed by atoms with Gasteiger partial charge < -0.3 is 30.7 Å². The molecule has 0 aliphatic heterocycles. The van der Waals surface area contributed by atoms with E-state index in [1.807, 2.05) is 24.3 Å². The topological polar surface area (TPSA) is 140 Å². The largest absolute Gasteiger partial charge is 0.507 e. The van der Waals surface area contributed by atoms with Gasteiger partial charge in [-0.15, -0.1) is 0 Å². The van der Waals surface area contributed by atoms with Crippen LogP contribution in [0.2, 0.25) is 0 Å². The lowest BCUT2D eigenvalue weighted by Gasteiger charge is -2.14. The number of nitrogens with two attached hydrogens (primary N) is 1. The summed E-state index contributed by atoms with van der Waals surface area (Å²) >= 11 is 0. The Morgan fingerprint density at radius 3 is 2.41 bits per heavy atom. The van der Waals surface area contributed by atoms with Gasteiger partial charge in [-0.1, -0.05) is 12.1 Å². The van der Waals surface area contributed by atoms with Gasteiger partial charge in [0.2, 0.25) is 5.95 Å². The quantitative estimate of drug-likeness (QED) is 0.351. The number of rotatable bonds is 10. The zero-order valence-electron chi connectivity index (χ0n) is 17.9. The normalized spacial score (nSPS) is 11.6. The molecule has 0 saturated carbocycles. The molecule has 5 N–H and O–H groups in total. The number of phenols is 1. The van der Waals surface area contributed by atoms with E-state index < -0.39 is 12.0 Å². The van der Waals surface area contributed by atoms with Crippen molar-refractivity contribution in [3.63, 3.8) is 0 Å². The summed E-state index contributed by atoms with van der Waals surface area (Å²) in [4.78, 5) is 19.9. The number of methoxy groups -OCH3 is 2. The molecule has 3 rings (SSSR count). The van der Waals surface area contributed by atoms with Crippen molar-refractivity contribution in [2.45, 2.75) is 18.9 Å². The average molecular weight is 438 g/mol. The van der Waals surface area contributed by atoms with Crippen LogP contribution < -0.4 is 20.5 Å². The standard InChI is InChI=1S/C23H26N4O5/c1-31-15-7-5-14(6-8-15)18-13-26-23(25-11-3-4-19(24)22(29)30)27-21(18)17-10-9-16(32-2)12-20(17)28/h5-10,12-13,19,28H,3-4,11,24H2,1-2H3,(H,29,30)(H,25,26,27). The Bertz CT molecular complexity index is 1070. The Hall–Kier alpha value is -3.85. The first-order chi connectivity index (χ1) is 15.4. The van der Waals surface area contributed by atoms with Crippen LogP contribution in [0, 0.1) is 0 Å². The van der Waals surface area contributed by atoms with Crippen molar-refractivity contribution in [3.8, 4) is 39.6 Å². The third-order valence-electron chi connectivity index (χ3n) is 4.94. The van der Waals surface area contributed by atoms with E-state index in [1.165, 1.54) is 13.2 Å². The first-order valence-corrected chi connectivity index (χ1v) is 10.0. The van der Waals surface area contributed by atoms with Crippen LogP contribution in [0.15, 0.2) is 48.7 Å². The molecule has 0 aliphatic rings. The summed E-state index contributed by atoms with van der Waals surface area (Å²) in [5, 5.41) is 22.6. The Labute approximate surface area is 185 Å². The number of hydrogen-bond acceptors (Lipinski definition) is 8. The summed E-state index contributed by atoms with van der Waals surface area (Å²) in [5.74, 6) is 0.607. The molecule has 9 nitrogen and oxygen atoms in total. The van der Waals surface area contributed by atoms with E-state index in [0.29, 0.717) is 42.3 Å².